The number of carbonyl (C=O) groups excluding carboxylic acids is 4. The molecule has 0 aliphatic heterocycles. The van der Waals surface area contributed by atoms with Gasteiger partial charge in [0.1, 0.15) is 11.6 Å². The van der Waals surface area contributed by atoms with E-state index >= 15 is 0 Å². The molecule has 0 saturated heterocycles. The second-order valence-corrected chi connectivity index (χ2v) is 7.81. The molecule has 0 heterocycles. The predicted molar refractivity (Wildman–Crippen MR) is 92.3 cm³/mol. The van der Waals surface area contributed by atoms with E-state index in [9.17, 15) is 19.2 Å². The number of nitrogens with one attached hydrogen (secondary N) is 2. The molecule has 3 amide bonds. The van der Waals surface area contributed by atoms with Crippen molar-refractivity contribution >= 4 is 23.5 Å². The molecule has 2 fully saturated rings. The summed E-state index contributed by atoms with van der Waals surface area (Å²) in [5.74, 6) is -2.38. The molecule has 0 spiro atoms. The van der Waals surface area contributed by atoms with Gasteiger partial charge in [-0.15, -0.1) is 0 Å². The molecule has 7 nitrogen and oxygen atoms in total. The van der Waals surface area contributed by atoms with Crippen LogP contribution >= 0.6 is 0 Å². The van der Waals surface area contributed by atoms with Crippen LogP contribution in [0.25, 0.3) is 0 Å². The summed E-state index contributed by atoms with van der Waals surface area (Å²) >= 11 is 0. The van der Waals surface area contributed by atoms with Gasteiger partial charge < -0.3 is 16.4 Å². The molecular formula is C18H29N3O4. The minimum atomic E-state index is -1.19. The minimum Gasteiger partial charge on any atom is -0.363 e. The van der Waals surface area contributed by atoms with Gasteiger partial charge in [0.05, 0.1) is 0 Å². The summed E-state index contributed by atoms with van der Waals surface area (Å²) in [6, 6.07) is -0.700. The Bertz CT molecular complexity index is 563. The van der Waals surface area contributed by atoms with Crippen molar-refractivity contribution in [3.05, 3.63) is 0 Å². The van der Waals surface area contributed by atoms with Gasteiger partial charge in [-0.3, -0.25) is 19.2 Å². The first-order chi connectivity index (χ1) is 11.7. The maximum atomic E-state index is 12.8. The van der Waals surface area contributed by atoms with Gasteiger partial charge in [-0.2, -0.15) is 0 Å². The topological polar surface area (TPSA) is 118 Å². The van der Waals surface area contributed by atoms with E-state index in [0.29, 0.717) is 19.3 Å². The van der Waals surface area contributed by atoms with Crippen LogP contribution in [0.1, 0.15) is 71.6 Å². The van der Waals surface area contributed by atoms with Crippen LogP contribution < -0.4 is 16.4 Å². The number of primary amides is 1. The lowest BCUT2D eigenvalue weighted by atomic mass is 9.72. The summed E-state index contributed by atoms with van der Waals surface area (Å²) < 4.78 is 0. The molecule has 0 aromatic rings. The van der Waals surface area contributed by atoms with Gasteiger partial charge >= 0.3 is 0 Å². The monoisotopic (exact) mass is 351 g/mol. The molecule has 7 heteroatoms. The summed E-state index contributed by atoms with van der Waals surface area (Å²) in [7, 11) is 0. The Morgan fingerprint density at radius 3 is 2.08 bits per heavy atom. The highest BCUT2D eigenvalue weighted by atomic mass is 16.2. The molecular weight excluding hydrogens is 322 g/mol. The van der Waals surface area contributed by atoms with Crippen molar-refractivity contribution in [2.45, 2.75) is 83.2 Å². The highest BCUT2D eigenvalue weighted by Gasteiger charge is 2.48. The number of hydrogen-bond acceptors (Lipinski definition) is 4. The summed E-state index contributed by atoms with van der Waals surface area (Å²) in [6.45, 7) is 3.86. The first-order valence-electron chi connectivity index (χ1n) is 9.17. The third-order valence-electron chi connectivity index (χ3n) is 5.71. The van der Waals surface area contributed by atoms with Gasteiger partial charge in [-0.05, 0) is 43.9 Å². The maximum absolute atomic E-state index is 12.8. The second-order valence-electron chi connectivity index (χ2n) is 7.81. The molecule has 2 saturated carbocycles. The molecule has 0 unspecified atom stereocenters. The molecule has 0 aromatic carbocycles. The molecule has 2 aliphatic rings. The van der Waals surface area contributed by atoms with Crippen molar-refractivity contribution in [1.82, 2.24) is 10.6 Å². The molecule has 4 N–H and O–H groups in total. The maximum Gasteiger partial charge on any atom is 0.287 e. The zero-order chi connectivity index (χ0) is 18.7. The van der Waals surface area contributed by atoms with Gasteiger partial charge in [0, 0.05) is 6.42 Å². The Balaban J connectivity index is 2.12. The van der Waals surface area contributed by atoms with Gasteiger partial charge in [0.2, 0.25) is 17.6 Å². The average molecular weight is 351 g/mol. The fraction of sp³-hybridized carbons (Fsp3) is 0.778. The highest BCUT2D eigenvalue weighted by molar-refractivity contribution is 6.39. The lowest BCUT2D eigenvalue weighted by Crippen LogP contribution is -2.65. The highest BCUT2D eigenvalue weighted by Crippen LogP contribution is 2.41. The quantitative estimate of drug-likeness (QED) is 0.564. The first kappa shape index (κ1) is 19.4. The van der Waals surface area contributed by atoms with Crippen LogP contribution in [-0.4, -0.2) is 35.1 Å². The van der Waals surface area contributed by atoms with E-state index in [4.69, 9.17) is 5.73 Å². The van der Waals surface area contributed by atoms with Crippen molar-refractivity contribution in [3.8, 4) is 0 Å². The Labute approximate surface area is 148 Å². The van der Waals surface area contributed by atoms with Gasteiger partial charge in [-0.25, -0.2) is 0 Å². The first-order valence-corrected chi connectivity index (χ1v) is 9.17. The normalized spacial score (nSPS) is 21.7. The fourth-order valence-corrected chi connectivity index (χ4v) is 3.93. The van der Waals surface area contributed by atoms with Crippen LogP contribution in [0, 0.1) is 5.41 Å². The average Bonchev–Trinajstić information content (AvgIpc) is 2.95. The number of hydrogen-bond donors (Lipinski definition) is 3. The molecule has 0 aromatic heterocycles. The van der Waals surface area contributed by atoms with Crippen LogP contribution in [-0.2, 0) is 19.2 Å². The van der Waals surface area contributed by atoms with Gasteiger partial charge in [0.25, 0.3) is 5.91 Å². The number of amides is 3. The van der Waals surface area contributed by atoms with Crippen molar-refractivity contribution < 1.29 is 19.2 Å². The van der Waals surface area contributed by atoms with Crippen LogP contribution in [0.3, 0.4) is 0 Å². The van der Waals surface area contributed by atoms with Crippen LogP contribution in [0.4, 0.5) is 0 Å². The van der Waals surface area contributed by atoms with Gasteiger partial charge in [-0.1, -0.05) is 26.7 Å². The van der Waals surface area contributed by atoms with E-state index in [1.165, 1.54) is 0 Å². The standard InChI is InChI=1S/C18H29N3O4/c1-3-13(22)20-12(11-17(2)7-4-5-8-17)16(25)21-18(9-6-10-18)14(23)15(19)24/h12H,3-11H2,1-2H3,(H2,19,24)(H,20,22)(H,21,25)/t12-/m0/s1. The van der Waals surface area contributed by atoms with Crippen LogP contribution in [0.5, 0.6) is 0 Å². The van der Waals surface area contributed by atoms with E-state index in [-0.39, 0.29) is 17.7 Å². The summed E-state index contributed by atoms with van der Waals surface area (Å²) in [5, 5.41) is 5.51. The molecule has 1 atom stereocenters. The van der Waals surface area contributed by atoms with E-state index in [2.05, 4.69) is 17.6 Å². The molecule has 140 valence electrons. The van der Waals surface area contributed by atoms with E-state index in [1.807, 2.05) is 0 Å². The van der Waals surface area contributed by atoms with Crippen molar-refractivity contribution in [2.24, 2.45) is 11.1 Å². The summed E-state index contributed by atoms with van der Waals surface area (Å²) in [6.07, 6.45) is 6.67. The lowest BCUT2D eigenvalue weighted by Gasteiger charge is -2.41. The number of ketones is 1. The smallest absolute Gasteiger partial charge is 0.287 e. The summed E-state index contributed by atoms with van der Waals surface area (Å²) in [5.41, 5.74) is 3.95. The van der Waals surface area contributed by atoms with Crippen molar-refractivity contribution in [2.75, 3.05) is 0 Å². The number of carbonyl (C=O) groups is 4. The third-order valence-corrected chi connectivity index (χ3v) is 5.71. The minimum absolute atomic E-state index is 0.00347. The zero-order valence-electron chi connectivity index (χ0n) is 15.2. The number of Topliss-reactive ketones (excluding diaryl/α,β-unsaturated/α-hetero) is 1. The molecule has 0 radical (unpaired) electrons. The lowest BCUT2D eigenvalue weighted by molar-refractivity contribution is -0.145. The van der Waals surface area contributed by atoms with Crippen molar-refractivity contribution in [3.63, 3.8) is 0 Å². The molecule has 0 bridgehead atoms. The second kappa shape index (κ2) is 7.54. The molecule has 2 rings (SSSR count). The van der Waals surface area contributed by atoms with E-state index in [1.54, 1.807) is 6.92 Å². The molecule has 25 heavy (non-hydrogen) atoms. The summed E-state index contributed by atoms with van der Waals surface area (Å²) in [4.78, 5) is 48.1. The van der Waals surface area contributed by atoms with Crippen molar-refractivity contribution in [1.29, 1.82) is 0 Å². The van der Waals surface area contributed by atoms with E-state index in [0.717, 1.165) is 32.1 Å². The predicted octanol–water partition coefficient (Wildman–Crippen LogP) is 0.945. The zero-order valence-corrected chi connectivity index (χ0v) is 15.2. The van der Waals surface area contributed by atoms with Crippen LogP contribution in [0.15, 0.2) is 0 Å². The Kier molecular flexibility index (Phi) is 5.85. The Morgan fingerprint density at radius 1 is 1.04 bits per heavy atom. The Hall–Kier alpha value is -1.92. The number of rotatable bonds is 8. The van der Waals surface area contributed by atoms with E-state index < -0.39 is 29.2 Å². The third kappa shape index (κ3) is 4.38. The SMILES string of the molecule is CCC(=O)N[C@@H](CC1(C)CCCC1)C(=O)NC1(C(=O)C(N)=O)CCC1. The van der Waals surface area contributed by atoms with Crippen LogP contribution in [0.2, 0.25) is 0 Å². The fourth-order valence-electron chi connectivity index (χ4n) is 3.93. The van der Waals surface area contributed by atoms with Gasteiger partial charge in [0.15, 0.2) is 0 Å². The Morgan fingerprint density at radius 2 is 1.64 bits per heavy atom. The molecule has 2 aliphatic carbocycles. The largest absolute Gasteiger partial charge is 0.363 e. The number of nitrogens with two attached hydrogens (primary N) is 1.